The second kappa shape index (κ2) is 13.4. The minimum atomic E-state index is 0.601. The Morgan fingerprint density at radius 3 is 1.67 bits per heavy atom. The topological polar surface area (TPSA) is 62.7 Å². The van der Waals surface area contributed by atoms with E-state index in [0.29, 0.717) is 11.4 Å². The third-order valence-corrected chi connectivity index (χ3v) is 10.3. The van der Waals surface area contributed by atoms with Gasteiger partial charge in [-0.25, -0.2) is 9.97 Å². The van der Waals surface area contributed by atoms with Crippen LogP contribution in [0.5, 0.6) is 0 Å². The van der Waals surface area contributed by atoms with E-state index in [1.54, 1.807) is 0 Å². The lowest BCUT2D eigenvalue weighted by atomic mass is 9.93. The molecule has 2 heterocycles. The van der Waals surface area contributed by atoms with E-state index in [-0.39, 0.29) is 0 Å². The molecule has 0 amide bonds. The van der Waals surface area contributed by atoms with Crippen LogP contribution in [0.4, 0.5) is 0 Å². The molecule has 0 aliphatic carbocycles. The largest absolute Gasteiger partial charge is 0.455 e. The highest BCUT2D eigenvalue weighted by Gasteiger charge is 2.15. The molecule has 0 bridgehead atoms. The maximum absolute atomic E-state index is 10.1. The average molecular weight is 702 g/mol. The molecule has 0 saturated heterocycles. The van der Waals surface area contributed by atoms with Gasteiger partial charge in [0.1, 0.15) is 11.2 Å². The van der Waals surface area contributed by atoms with Gasteiger partial charge in [0.05, 0.1) is 23.0 Å². The minimum Gasteiger partial charge on any atom is -0.455 e. The predicted octanol–water partition coefficient (Wildman–Crippen LogP) is 13.4. The van der Waals surface area contributed by atoms with Crippen LogP contribution in [-0.4, -0.2) is 9.97 Å². The number of furan rings is 1. The monoisotopic (exact) mass is 701 g/mol. The standard InChI is InChI=1S/C51H31N3O/c52-32-33-26-41(30-43(27-33)44-15-9-16-46-45-14-7-8-17-49(45)55-50(44)46)40-25-21-35-20-24-39(28-42(35)29-40)34-18-22-38(23-19-34)51-53-47(36-10-3-1-4-11-36)31-48(54-51)37-12-5-2-6-13-37/h1-31H. The van der Waals surface area contributed by atoms with Crippen molar-refractivity contribution in [3.63, 3.8) is 0 Å². The van der Waals surface area contributed by atoms with Gasteiger partial charge in [-0.05, 0) is 81.1 Å². The molecule has 10 aromatic rings. The van der Waals surface area contributed by atoms with Crippen LogP contribution in [0.1, 0.15) is 5.56 Å². The number of hydrogen-bond acceptors (Lipinski definition) is 4. The normalized spacial score (nSPS) is 11.3. The molecule has 0 radical (unpaired) electrons. The molecule has 8 aromatic carbocycles. The second-order valence-electron chi connectivity index (χ2n) is 13.7. The Morgan fingerprint density at radius 1 is 0.400 bits per heavy atom. The fourth-order valence-electron chi connectivity index (χ4n) is 7.50. The summed E-state index contributed by atoms with van der Waals surface area (Å²) in [5.41, 5.74) is 13.3. The van der Waals surface area contributed by atoms with Gasteiger partial charge < -0.3 is 4.42 Å². The van der Waals surface area contributed by atoms with Gasteiger partial charge in [-0.2, -0.15) is 5.26 Å². The van der Waals surface area contributed by atoms with Crippen molar-refractivity contribution in [3.8, 4) is 73.4 Å². The SMILES string of the molecule is N#Cc1cc(-c2ccc3ccc(-c4ccc(-c5nc(-c6ccccc6)cc(-c6ccccc6)n5)cc4)cc3c2)cc(-c2cccc3c2oc2ccccc23)c1. The summed E-state index contributed by atoms with van der Waals surface area (Å²) in [6.07, 6.45) is 0. The minimum absolute atomic E-state index is 0.601. The van der Waals surface area contributed by atoms with Crippen molar-refractivity contribution in [2.75, 3.05) is 0 Å². The van der Waals surface area contributed by atoms with Gasteiger partial charge in [-0.15, -0.1) is 0 Å². The molecule has 4 heteroatoms. The third-order valence-electron chi connectivity index (χ3n) is 10.3. The number of fused-ring (bicyclic) bond motifs is 4. The Bertz CT molecular complexity index is 3030. The van der Waals surface area contributed by atoms with E-state index in [2.05, 4.69) is 127 Å². The van der Waals surface area contributed by atoms with Crippen LogP contribution in [0.3, 0.4) is 0 Å². The molecule has 0 spiro atoms. The lowest BCUT2D eigenvalue weighted by Gasteiger charge is -2.11. The van der Waals surface area contributed by atoms with E-state index in [0.717, 1.165) is 94.2 Å². The Labute approximate surface area is 318 Å². The Balaban J connectivity index is 1.00. The maximum Gasteiger partial charge on any atom is 0.160 e. The first kappa shape index (κ1) is 32.1. The molecule has 0 saturated carbocycles. The van der Waals surface area contributed by atoms with Crippen molar-refractivity contribution in [3.05, 3.63) is 194 Å². The summed E-state index contributed by atoms with van der Waals surface area (Å²) in [6, 6.07) is 66.9. The Morgan fingerprint density at radius 2 is 0.982 bits per heavy atom. The fraction of sp³-hybridized carbons (Fsp3) is 0. The van der Waals surface area contributed by atoms with Gasteiger partial charge >= 0.3 is 0 Å². The predicted molar refractivity (Wildman–Crippen MR) is 224 cm³/mol. The molecule has 4 nitrogen and oxygen atoms in total. The summed E-state index contributed by atoms with van der Waals surface area (Å²) in [6.45, 7) is 0. The summed E-state index contributed by atoms with van der Waals surface area (Å²) in [5, 5.41) is 14.5. The van der Waals surface area contributed by atoms with Crippen molar-refractivity contribution >= 4 is 32.7 Å². The van der Waals surface area contributed by atoms with Crippen LogP contribution < -0.4 is 0 Å². The average Bonchev–Trinajstić information content (AvgIpc) is 3.65. The highest BCUT2D eigenvalue weighted by molar-refractivity contribution is 6.09. The van der Waals surface area contributed by atoms with Gasteiger partial charge in [0.15, 0.2) is 5.82 Å². The van der Waals surface area contributed by atoms with Crippen LogP contribution in [0, 0.1) is 11.3 Å². The third kappa shape index (κ3) is 6.00. The molecular formula is C51H31N3O. The first-order valence-electron chi connectivity index (χ1n) is 18.3. The Hall–Kier alpha value is -7.61. The van der Waals surface area contributed by atoms with Crippen molar-refractivity contribution in [1.29, 1.82) is 5.26 Å². The molecule has 55 heavy (non-hydrogen) atoms. The van der Waals surface area contributed by atoms with E-state index >= 15 is 0 Å². The number of nitrogens with zero attached hydrogens (tertiary/aromatic N) is 3. The first-order chi connectivity index (χ1) is 27.2. The lowest BCUT2D eigenvalue weighted by molar-refractivity contribution is 0.670. The number of benzene rings is 8. The number of aromatic nitrogens is 2. The van der Waals surface area contributed by atoms with Crippen LogP contribution >= 0.6 is 0 Å². The lowest BCUT2D eigenvalue weighted by Crippen LogP contribution is -1.95. The molecule has 10 rings (SSSR count). The highest BCUT2D eigenvalue weighted by atomic mass is 16.3. The fourth-order valence-corrected chi connectivity index (χ4v) is 7.50. The van der Waals surface area contributed by atoms with Gasteiger partial charge in [-0.1, -0.05) is 146 Å². The first-order valence-corrected chi connectivity index (χ1v) is 18.3. The van der Waals surface area contributed by atoms with Crippen molar-refractivity contribution < 1.29 is 4.42 Å². The summed E-state index contributed by atoms with van der Waals surface area (Å²) in [7, 11) is 0. The van der Waals surface area contributed by atoms with Crippen molar-refractivity contribution in [2.24, 2.45) is 0 Å². The van der Waals surface area contributed by atoms with Gasteiger partial charge in [-0.3, -0.25) is 0 Å². The second-order valence-corrected chi connectivity index (χ2v) is 13.7. The highest BCUT2D eigenvalue weighted by Crippen LogP contribution is 2.38. The van der Waals surface area contributed by atoms with Gasteiger partial charge in [0.25, 0.3) is 0 Å². The van der Waals surface area contributed by atoms with Gasteiger partial charge in [0.2, 0.25) is 0 Å². The van der Waals surface area contributed by atoms with Crippen LogP contribution in [0.2, 0.25) is 0 Å². The molecule has 0 atom stereocenters. The van der Waals surface area contributed by atoms with E-state index in [9.17, 15) is 5.26 Å². The quantitative estimate of drug-likeness (QED) is 0.173. The molecule has 256 valence electrons. The van der Waals surface area contributed by atoms with E-state index in [4.69, 9.17) is 14.4 Å². The van der Waals surface area contributed by atoms with E-state index in [1.807, 2.05) is 66.7 Å². The van der Waals surface area contributed by atoms with Crippen molar-refractivity contribution in [2.45, 2.75) is 0 Å². The van der Waals surface area contributed by atoms with Crippen molar-refractivity contribution in [1.82, 2.24) is 9.97 Å². The Kier molecular flexibility index (Phi) is 7.83. The molecule has 0 unspecified atom stereocenters. The maximum atomic E-state index is 10.1. The van der Waals surface area contributed by atoms with E-state index in [1.165, 1.54) is 0 Å². The van der Waals surface area contributed by atoms with Crippen LogP contribution in [-0.2, 0) is 0 Å². The molecule has 0 aliphatic rings. The zero-order valence-electron chi connectivity index (χ0n) is 29.6. The zero-order chi connectivity index (χ0) is 36.7. The molecule has 0 N–H and O–H groups in total. The molecular weight excluding hydrogens is 671 g/mol. The summed E-state index contributed by atoms with van der Waals surface area (Å²) >= 11 is 0. The summed E-state index contributed by atoms with van der Waals surface area (Å²) < 4.78 is 6.36. The number of rotatable bonds is 6. The number of nitriles is 1. The molecule has 0 fully saturated rings. The molecule has 0 aliphatic heterocycles. The summed E-state index contributed by atoms with van der Waals surface area (Å²) in [5.74, 6) is 0.686. The molecule has 2 aromatic heterocycles. The zero-order valence-corrected chi connectivity index (χ0v) is 29.6. The number of para-hydroxylation sites is 2. The van der Waals surface area contributed by atoms with Crippen LogP contribution in [0.15, 0.2) is 192 Å². The smallest absolute Gasteiger partial charge is 0.160 e. The number of hydrogen-bond donors (Lipinski definition) is 0. The van der Waals surface area contributed by atoms with E-state index < -0.39 is 0 Å². The summed E-state index contributed by atoms with van der Waals surface area (Å²) in [4.78, 5) is 10.0. The van der Waals surface area contributed by atoms with Gasteiger partial charge in [0, 0.05) is 33.0 Å². The van der Waals surface area contributed by atoms with Crippen LogP contribution in [0.25, 0.3) is 100.0 Å².